The molecule has 0 radical (unpaired) electrons. The Hall–Kier alpha value is -2.06. The first-order chi connectivity index (χ1) is 10.6. The van der Waals surface area contributed by atoms with E-state index in [1.807, 2.05) is 6.07 Å². The molecule has 0 aliphatic carbocycles. The summed E-state index contributed by atoms with van der Waals surface area (Å²) in [6.45, 7) is -0.299. The molecule has 2 aromatic carbocycles. The molecule has 0 aliphatic rings. The van der Waals surface area contributed by atoms with E-state index in [9.17, 15) is 9.18 Å². The second-order valence-corrected chi connectivity index (χ2v) is 5.79. The van der Waals surface area contributed by atoms with Crippen LogP contribution in [0.1, 0.15) is 0 Å². The lowest BCUT2D eigenvalue weighted by molar-refractivity contribution is -0.118. The number of ether oxygens (including phenoxy) is 1. The number of hydrogen-bond donors (Lipinski definition) is 1. The van der Waals surface area contributed by atoms with Gasteiger partial charge in [-0.05, 0) is 30.3 Å². The van der Waals surface area contributed by atoms with Crippen molar-refractivity contribution in [2.75, 3.05) is 11.9 Å². The van der Waals surface area contributed by atoms with E-state index in [0.29, 0.717) is 21.2 Å². The summed E-state index contributed by atoms with van der Waals surface area (Å²) in [7, 11) is 0. The Labute approximate surface area is 137 Å². The first-order valence-electron chi connectivity index (χ1n) is 6.22. The number of halogens is 2. The summed E-state index contributed by atoms with van der Waals surface area (Å²) >= 11 is 4.22. The number of fused-ring (bicyclic) bond motifs is 1. The van der Waals surface area contributed by atoms with Gasteiger partial charge in [-0.1, -0.05) is 22.0 Å². The van der Waals surface area contributed by atoms with E-state index in [0.717, 1.165) is 11.7 Å². The number of amides is 1. The van der Waals surface area contributed by atoms with Gasteiger partial charge in [-0.25, -0.2) is 4.39 Å². The zero-order chi connectivity index (χ0) is 15.5. The fraction of sp³-hybridized carbons (Fsp3) is 0.0714. The maximum Gasteiger partial charge on any atom is 0.262 e. The monoisotopic (exact) mass is 381 g/mol. The predicted molar refractivity (Wildman–Crippen MR) is 85.6 cm³/mol. The van der Waals surface area contributed by atoms with Gasteiger partial charge in [0.25, 0.3) is 5.91 Å². The number of nitrogens with zero attached hydrogens (tertiary/aromatic N) is 2. The Morgan fingerprint density at radius 2 is 2.18 bits per heavy atom. The molecule has 0 saturated heterocycles. The summed E-state index contributed by atoms with van der Waals surface area (Å²) in [5.74, 6) is -0.914. The zero-order valence-corrected chi connectivity index (χ0v) is 13.4. The Balaban J connectivity index is 1.66. The van der Waals surface area contributed by atoms with Crippen molar-refractivity contribution in [1.29, 1.82) is 0 Å². The van der Waals surface area contributed by atoms with E-state index in [1.165, 1.54) is 12.1 Å². The van der Waals surface area contributed by atoms with E-state index < -0.39 is 11.7 Å². The van der Waals surface area contributed by atoms with Gasteiger partial charge in [-0.2, -0.15) is 8.75 Å². The third-order valence-corrected chi connectivity index (χ3v) is 3.85. The summed E-state index contributed by atoms with van der Waals surface area (Å²) in [5, 5.41) is 2.68. The number of rotatable bonds is 4. The SMILES string of the molecule is O=C(COc1ccc(Br)cc1F)Nc1cccc2nsnc12. The van der Waals surface area contributed by atoms with Gasteiger partial charge in [0.15, 0.2) is 18.2 Å². The lowest BCUT2D eigenvalue weighted by Crippen LogP contribution is -2.20. The summed E-state index contributed by atoms with van der Waals surface area (Å²) in [4.78, 5) is 11.9. The standard InChI is InChI=1S/C14H9BrFN3O2S/c15-8-4-5-12(9(16)6-8)21-7-13(20)17-10-2-1-3-11-14(10)19-22-18-11/h1-6H,7H2,(H,17,20). The molecule has 1 N–H and O–H groups in total. The number of hydrogen-bond acceptors (Lipinski definition) is 5. The van der Waals surface area contributed by atoms with Crippen molar-refractivity contribution in [3.8, 4) is 5.75 Å². The van der Waals surface area contributed by atoms with E-state index >= 15 is 0 Å². The van der Waals surface area contributed by atoms with Crippen molar-refractivity contribution >= 4 is 50.3 Å². The molecule has 0 bridgehead atoms. The van der Waals surface area contributed by atoms with Crippen molar-refractivity contribution in [2.24, 2.45) is 0 Å². The van der Waals surface area contributed by atoms with Gasteiger partial charge >= 0.3 is 0 Å². The van der Waals surface area contributed by atoms with Crippen LogP contribution in [0, 0.1) is 5.82 Å². The predicted octanol–water partition coefficient (Wildman–Crippen LogP) is 3.61. The van der Waals surface area contributed by atoms with Crippen molar-refractivity contribution in [2.45, 2.75) is 0 Å². The van der Waals surface area contributed by atoms with Crippen LogP contribution in [0.25, 0.3) is 11.0 Å². The minimum Gasteiger partial charge on any atom is -0.481 e. The van der Waals surface area contributed by atoms with Gasteiger partial charge in [-0.15, -0.1) is 0 Å². The smallest absolute Gasteiger partial charge is 0.262 e. The molecule has 3 aromatic rings. The van der Waals surface area contributed by atoms with Crippen molar-refractivity contribution in [3.63, 3.8) is 0 Å². The van der Waals surface area contributed by atoms with Crippen LogP contribution in [0.15, 0.2) is 40.9 Å². The summed E-state index contributed by atoms with van der Waals surface area (Å²) in [6, 6.07) is 9.67. The highest BCUT2D eigenvalue weighted by molar-refractivity contribution is 9.10. The molecule has 8 heteroatoms. The van der Waals surface area contributed by atoms with Crippen LogP contribution >= 0.6 is 27.7 Å². The van der Waals surface area contributed by atoms with Crippen LogP contribution in [0.5, 0.6) is 5.75 Å². The van der Waals surface area contributed by atoms with Crippen molar-refractivity contribution in [1.82, 2.24) is 8.75 Å². The van der Waals surface area contributed by atoms with Gasteiger partial charge in [0.2, 0.25) is 0 Å². The van der Waals surface area contributed by atoms with Crippen LogP contribution in [0.4, 0.5) is 10.1 Å². The third-order valence-electron chi connectivity index (χ3n) is 2.81. The van der Waals surface area contributed by atoms with Crippen LogP contribution in [-0.2, 0) is 4.79 Å². The molecule has 22 heavy (non-hydrogen) atoms. The van der Waals surface area contributed by atoms with Crippen molar-refractivity contribution in [3.05, 3.63) is 46.7 Å². The number of benzene rings is 2. The lowest BCUT2D eigenvalue weighted by Gasteiger charge is -2.08. The Bertz CT molecular complexity index is 840. The summed E-state index contributed by atoms with van der Waals surface area (Å²) < 4.78 is 27.6. The maximum atomic E-state index is 13.6. The highest BCUT2D eigenvalue weighted by Gasteiger charge is 2.10. The number of carbonyl (C=O) groups excluding carboxylic acids is 1. The summed E-state index contributed by atoms with van der Waals surface area (Å²) in [5.41, 5.74) is 1.88. The first kappa shape index (κ1) is 14.9. The van der Waals surface area contributed by atoms with Crippen molar-refractivity contribution < 1.29 is 13.9 Å². The van der Waals surface area contributed by atoms with Crippen LogP contribution in [-0.4, -0.2) is 21.3 Å². The quantitative estimate of drug-likeness (QED) is 0.749. The topological polar surface area (TPSA) is 64.1 Å². The molecular formula is C14H9BrFN3O2S. The van der Waals surface area contributed by atoms with Gasteiger partial charge < -0.3 is 10.1 Å². The number of anilines is 1. The molecule has 0 aliphatic heterocycles. The molecule has 1 aromatic heterocycles. The minimum atomic E-state index is -0.534. The number of aromatic nitrogens is 2. The molecule has 0 unspecified atom stereocenters. The number of nitrogens with one attached hydrogen (secondary N) is 1. The van der Waals surface area contributed by atoms with Gasteiger partial charge in [-0.3, -0.25) is 4.79 Å². The highest BCUT2D eigenvalue weighted by atomic mass is 79.9. The number of carbonyl (C=O) groups is 1. The average Bonchev–Trinajstić information content (AvgIpc) is 2.96. The van der Waals surface area contributed by atoms with E-state index in [-0.39, 0.29) is 12.4 Å². The molecular weight excluding hydrogens is 373 g/mol. The molecule has 0 spiro atoms. The molecule has 3 rings (SSSR count). The zero-order valence-electron chi connectivity index (χ0n) is 11.0. The Kier molecular flexibility index (Phi) is 4.30. The first-order valence-corrected chi connectivity index (χ1v) is 7.75. The van der Waals surface area contributed by atoms with Crippen LogP contribution < -0.4 is 10.1 Å². The second kappa shape index (κ2) is 6.37. The second-order valence-electron chi connectivity index (χ2n) is 4.35. The molecule has 0 saturated carbocycles. The van der Waals surface area contributed by atoms with Crippen LogP contribution in [0.3, 0.4) is 0 Å². The fourth-order valence-corrected chi connectivity index (χ4v) is 2.71. The molecule has 1 heterocycles. The molecule has 0 atom stereocenters. The largest absolute Gasteiger partial charge is 0.481 e. The fourth-order valence-electron chi connectivity index (χ4n) is 1.83. The molecule has 5 nitrogen and oxygen atoms in total. The third kappa shape index (κ3) is 3.23. The van der Waals surface area contributed by atoms with Gasteiger partial charge in [0, 0.05) is 4.47 Å². The molecule has 0 fully saturated rings. The highest BCUT2D eigenvalue weighted by Crippen LogP contribution is 2.22. The maximum absolute atomic E-state index is 13.6. The molecule has 112 valence electrons. The van der Waals surface area contributed by atoms with E-state index in [4.69, 9.17) is 4.74 Å². The molecule has 1 amide bonds. The van der Waals surface area contributed by atoms with Gasteiger partial charge in [0.05, 0.1) is 17.4 Å². The Morgan fingerprint density at radius 3 is 3.00 bits per heavy atom. The Morgan fingerprint density at radius 1 is 1.32 bits per heavy atom. The van der Waals surface area contributed by atoms with Crippen LogP contribution in [0.2, 0.25) is 0 Å². The van der Waals surface area contributed by atoms with E-state index in [2.05, 4.69) is 30.0 Å². The lowest BCUT2D eigenvalue weighted by atomic mass is 10.2. The normalized spacial score (nSPS) is 10.6. The average molecular weight is 382 g/mol. The van der Waals surface area contributed by atoms with Gasteiger partial charge in [0.1, 0.15) is 11.0 Å². The minimum absolute atomic E-state index is 0.0203. The van der Waals surface area contributed by atoms with E-state index in [1.54, 1.807) is 18.2 Å². The summed E-state index contributed by atoms with van der Waals surface area (Å²) in [6.07, 6.45) is 0.